The topological polar surface area (TPSA) is 84.5 Å². The number of amides is 1. The van der Waals surface area contributed by atoms with Gasteiger partial charge in [-0.05, 0) is 43.4 Å². The molecule has 2 aromatic heterocycles. The maximum Gasteiger partial charge on any atom is 0.352 e. The number of hydrogen-bond donors (Lipinski definition) is 1. The lowest BCUT2D eigenvalue weighted by Crippen LogP contribution is -2.35. The van der Waals surface area contributed by atoms with Crippen molar-refractivity contribution in [3.63, 3.8) is 0 Å². The molecule has 8 heteroatoms. The largest absolute Gasteiger partial charge is 0.356 e. The van der Waals surface area contributed by atoms with Gasteiger partial charge >= 0.3 is 5.69 Å². The fourth-order valence-corrected chi connectivity index (χ4v) is 3.61. The highest BCUT2D eigenvalue weighted by Crippen LogP contribution is 2.21. The van der Waals surface area contributed by atoms with Crippen LogP contribution in [0.15, 0.2) is 41.3 Å². The van der Waals surface area contributed by atoms with Gasteiger partial charge in [0.1, 0.15) is 12.4 Å². The molecule has 0 bridgehead atoms. The summed E-state index contributed by atoms with van der Waals surface area (Å²) in [6.45, 7) is 5.90. The van der Waals surface area contributed by atoms with Crippen LogP contribution in [0.3, 0.4) is 0 Å². The summed E-state index contributed by atoms with van der Waals surface area (Å²) in [7, 11) is 0. The number of nitrogens with one attached hydrogen (secondary N) is 1. The van der Waals surface area contributed by atoms with Gasteiger partial charge in [0.05, 0.1) is 0 Å². The summed E-state index contributed by atoms with van der Waals surface area (Å²) in [5.41, 5.74) is 1.31. The molecule has 1 atom stereocenters. The lowest BCUT2D eigenvalue weighted by molar-refractivity contribution is -0.117. The normalized spacial score (nSPS) is 17.1. The second-order valence-corrected chi connectivity index (χ2v) is 7.45. The van der Waals surface area contributed by atoms with Crippen LogP contribution in [0.2, 0.25) is 0 Å². The van der Waals surface area contributed by atoms with Gasteiger partial charge in [0, 0.05) is 25.0 Å². The number of fused-ring (bicyclic) bond motifs is 1. The molecule has 1 aromatic carbocycles. The molecule has 0 unspecified atom stereocenters. The second-order valence-electron chi connectivity index (χ2n) is 7.45. The molecule has 3 heterocycles. The van der Waals surface area contributed by atoms with Gasteiger partial charge in [-0.2, -0.15) is 4.98 Å². The van der Waals surface area contributed by atoms with Crippen LogP contribution in [0.25, 0.3) is 5.78 Å². The molecule has 1 amide bonds. The minimum absolute atomic E-state index is 0.160. The molecule has 1 fully saturated rings. The Morgan fingerprint density at radius 2 is 2.11 bits per heavy atom. The summed E-state index contributed by atoms with van der Waals surface area (Å²) in [5.74, 6) is 1.45. The molecular weight excluding hydrogens is 356 g/mol. The van der Waals surface area contributed by atoms with Crippen molar-refractivity contribution in [1.29, 1.82) is 0 Å². The third kappa shape index (κ3) is 3.62. The number of carbonyl (C=O) groups excluding carboxylic acids is 1. The van der Waals surface area contributed by atoms with Crippen LogP contribution < -0.4 is 15.9 Å². The summed E-state index contributed by atoms with van der Waals surface area (Å²) >= 11 is 0. The first-order valence-corrected chi connectivity index (χ1v) is 9.58. The van der Waals surface area contributed by atoms with Gasteiger partial charge in [0.2, 0.25) is 5.91 Å². The molecule has 1 aliphatic rings. The maximum absolute atomic E-state index is 12.6. The van der Waals surface area contributed by atoms with E-state index in [4.69, 9.17) is 0 Å². The average Bonchev–Trinajstić information content (AvgIpc) is 2.98. The number of nitrogens with zero attached hydrogens (tertiary/aromatic N) is 5. The van der Waals surface area contributed by atoms with E-state index in [1.165, 1.54) is 10.8 Å². The van der Waals surface area contributed by atoms with E-state index in [0.717, 1.165) is 41.3 Å². The van der Waals surface area contributed by atoms with Crippen LogP contribution in [-0.4, -0.2) is 38.2 Å². The van der Waals surface area contributed by atoms with Crippen LogP contribution in [0.5, 0.6) is 0 Å². The minimum Gasteiger partial charge on any atom is -0.356 e. The smallest absolute Gasteiger partial charge is 0.352 e. The molecule has 8 nitrogen and oxygen atoms in total. The van der Waals surface area contributed by atoms with E-state index in [-0.39, 0.29) is 18.1 Å². The fourth-order valence-electron chi connectivity index (χ4n) is 3.61. The number of piperidine rings is 1. The molecule has 1 N–H and O–H groups in total. The highest BCUT2D eigenvalue weighted by molar-refractivity contribution is 5.91. The summed E-state index contributed by atoms with van der Waals surface area (Å²) in [5, 5.41) is 7.08. The van der Waals surface area contributed by atoms with Crippen molar-refractivity contribution >= 4 is 23.2 Å². The zero-order valence-corrected chi connectivity index (χ0v) is 16.1. The number of anilines is 2. The number of hydrogen-bond acceptors (Lipinski definition) is 5. The number of aromatic nitrogens is 4. The van der Waals surface area contributed by atoms with E-state index in [9.17, 15) is 9.59 Å². The van der Waals surface area contributed by atoms with Crippen molar-refractivity contribution in [2.75, 3.05) is 23.3 Å². The van der Waals surface area contributed by atoms with Crippen molar-refractivity contribution in [3.8, 4) is 0 Å². The molecule has 28 heavy (non-hydrogen) atoms. The van der Waals surface area contributed by atoms with E-state index in [1.807, 2.05) is 37.3 Å². The highest BCUT2D eigenvalue weighted by Gasteiger charge is 2.19. The average molecular weight is 380 g/mol. The van der Waals surface area contributed by atoms with Crippen LogP contribution in [0.1, 0.15) is 25.3 Å². The summed E-state index contributed by atoms with van der Waals surface area (Å²) < 4.78 is 2.52. The van der Waals surface area contributed by atoms with Crippen LogP contribution in [0.4, 0.5) is 11.5 Å². The summed E-state index contributed by atoms with van der Waals surface area (Å²) in [6.07, 6.45) is 4.04. The lowest BCUT2D eigenvalue weighted by Gasteiger charge is -2.31. The molecule has 3 aromatic rings. The van der Waals surface area contributed by atoms with Gasteiger partial charge in [-0.25, -0.2) is 13.9 Å². The first-order chi connectivity index (χ1) is 13.5. The maximum atomic E-state index is 12.6. The van der Waals surface area contributed by atoms with E-state index < -0.39 is 0 Å². The standard InChI is InChI=1S/C20H24N6O2/c1-14-6-5-10-24(12-14)17-9-11-25-19(22-17)23-26(20(25)28)13-18(27)21-16-8-4-3-7-15(16)2/h3-4,7-9,11,14H,5-6,10,12-13H2,1-2H3,(H,21,27)/t14-/m1/s1. The van der Waals surface area contributed by atoms with E-state index in [2.05, 4.69) is 27.2 Å². The third-order valence-corrected chi connectivity index (χ3v) is 5.13. The summed E-state index contributed by atoms with van der Waals surface area (Å²) in [6, 6.07) is 9.34. The Labute approximate surface area is 162 Å². The Balaban J connectivity index is 1.55. The van der Waals surface area contributed by atoms with Crippen molar-refractivity contribution in [2.24, 2.45) is 5.92 Å². The van der Waals surface area contributed by atoms with E-state index >= 15 is 0 Å². The monoisotopic (exact) mass is 380 g/mol. The molecule has 146 valence electrons. The molecule has 4 rings (SSSR count). The van der Waals surface area contributed by atoms with Crippen LogP contribution >= 0.6 is 0 Å². The molecule has 1 saturated heterocycles. The van der Waals surface area contributed by atoms with Gasteiger partial charge in [0.25, 0.3) is 5.78 Å². The Hall–Kier alpha value is -3.16. The number of carbonyl (C=O) groups is 1. The first kappa shape index (κ1) is 18.2. The van der Waals surface area contributed by atoms with Gasteiger partial charge in [0.15, 0.2) is 0 Å². The van der Waals surface area contributed by atoms with E-state index in [0.29, 0.717) is 11.7 Å². The molecule has 1 aliphatic heterocycles. The molecular formula is C20H24N6O2. The van der Waals surface area contributed by atoms with Gasteiger partial charge in [-0.15, -0.1) is 5.10 Å². The molecule has 0 aliphatic carbocycles. The molecule has 0 radical (unpaired) electrons. The predicted octanol–water partition coefficient (Wildman–Crippen LogP) is 2.07. The number of aryl methyl sites for hydroxylation is 1. The van der Waals surface area contributed by atoms with E-state index in [1.54, 1.807) is 6.20 Å². The minimum atomic E-state index is -0.374. The number of rotatable bonds is 4. The number of benzene rings is 1. The third-order valence-electron chi connectivity index (χ3n) is 5.13. The Morgan fingerprint density at radius 1 is 1.29 bits per heavy atom. The zero-order chi connectivity index (χ0) is 19.7. The Morgan fingerprint density at radius 3 is 2.89 bits per heavy atom. The quantitative estimate of drug-likeness (QED) is 0.749. The summed E-state index contributed by atoms with van der Waals surface area (Å²) in [4.78, 5) is 31.7. The van der Waals surface area contributed by atoms with Crippen molar-refractivity contribution in [2.45, 2.75) is 33.2 Å². The first-order valence-electron chi connectivity index (χ1n) is 9.58. The predicted molar refractivity (Wildman–Crippen MR) is 108 cm³/mol. The molecule has 0 saturated carbocycles. The highest BCUT2D eigenvalue weighted by atomic mass is 16.2. The van der Waals surface area contributed by atoms with Gasteiger partial charge in [-0.1, -0.05) is 25.1 Å². The molecule has 0 spiro atoms. The fraction of sp³-hybridized carbons (Fsp3) is 0.400. The van der Waals surface area contributed by atoms with Crippen LogP contribution in [-0.2, 0) is 11.3 Å². The van der Waals surface area contributed by atoms with Crippen molar-refractivity contribution in [1.82, 2.24) is 19.2 Å². The van der Waals surface area contributed by atoms with Gasteiger partial charge in [-0.3, -0.25) is 4.79 Å². The lowest BCUT2D eigenvalue weighted by atomic mass is 10.0. The van der Waals surface area contributed by atoms with Crippen molar-refractivity contribution < 1.29 is 4.79 Å². The Bertz CT molecular complexity index is 1070. The second kappa shape index (κ2) is 7.46. The number of para-hydroxylation sites is 1. The van der Waals surface area contributed by atoms with Crippen molar-refractivity contribution in [3.05, 3.63) is 52.6 Å². The Kier molecular flexibility index (Phi) is 4.85. The zero-order valence-electron chi connectivity index (χ0n) is 16.1. The van der Waals surface area contributed by atoms with Crippen LogP contribution in [0, 0.1) is 12.8 Å². The SMILES string of the molecule is Cc1ccccc1NC(=O)Cn1nc2nc(N3CCC[C@@H](C)C3)ccn2c1=O. The van der Waals surface area contributed by atoms with Gasteiger partial charge < -0.3 is 10.2 Å².